The molecular weight excluding hydrogens is 236 g/mol. The molecule has 3 heteroatoms. The summed E-state index contributed by atoms with van der Waals surface area (Å²) < 4.78 is 0. The van der Waals surface area contributed by atoms with Gasteiger partial charge in [0.2, 0.25) is 5.91 Å². The molecular formula is C16H30N2O. The van der Waals surface area contributed by atoms with Crippen molar-refractivity contribution in [2.24, 2.45) is 16.7 Å². The first-order chi connectivity index (χ1) is 8.70. The van der Waals surface area contributed by atoms with Crippen molar-refractivity contribution in [1.29, 1.82) is 0 Å². The second kappa shape index (κ2) is 4.47. The van der Waals surface area contributed by atoms with Crippen LogP contribution in [0.2, 0.25) is 0 Å². The molecule has 3 atom stereocenters. The molecule has 110 valence electrons. The zero-order valence-corrected chi connectivity index (χ0v) is 13.6. The summed E-state index contributed by atoms with van der Waals surface area (Å²) in [5.74, 6) is 0.737. The van der Waals surface area contributed by atoms with Crippen LogP contribution >= 0.6 is 0 Å². The molecule has 0 spiro atoms. The average molecular weight is 266 g/mol. The van der Waals surface area contributed by atoms with Crippen molar-refractivity contribution in [3.63, 3.8) is 0 Å². The lowest BCUT2D eigenvalue weighted by atomic mass is 9.99. The summed E-state index contributed by atoms with van der Waals surface area (Å²) in [4.78, 5) is 15.0. The van der Waals surface area contributed by atoms with Crippen LogP contribution in [0.4, 0.5) is 0 Å². The van der Waals surface area contributed by atoms with E-state index in [-0.39, 0.29) is 23.0 Å². The molecule has 0 bridgehead atoms. The van der Waals surface area contributed by atoms with E-state index >= 15 is 0 Å². The van der Waals surface area contributed by atoms with Crippen LogP contribution in [0.25, 0.3) is 0 Å². The van der Waals surface area contributed by atoms with Crippen LogP contribution in [0.1, 0.15) is 61.3 Å². The van der Waals surface area contributed by atoms with E-state index in [1.54, 1.807) is 0 Å². The molecule has 19 heavy (non-hydrogen) atoms. The van der Waals surface area contributed by atoms with E-state index in [0.29, 0.717) is 17.9 Å². The van der Waals surface area contributed by atoms with Crippen LogP contribution in [0.5, 0.6) is 0 Å². The molecule has 0 aromatic carbocycles. The molecule has 1 saturated carbocycles. The van der Waals surface area contributed by atoms with Gasteiger partial charge in [0.25, 0.3) is 0 Å². The first-order valence-corrected chi connectivity index (χ1v) is 7.78. The van der Waals surface area contributed by atoms with E-state index in [0.717, 1.165) is 12.8 Å². The molecule has 2 aliphatic rings. The minimum absolute atomic E-state index is 0.0159. The van der Waals surface area contributed by atoms with E-state index < -0.39 is 0 Å². The Morgan fingerprint density at radius 1 is 1.21 bits per heavy atom. The monoisotopic (exact) mass is 266 g/mol. The Morgan fingerprint density at radius 2 is 1.74 bits per heavy atom. The smallest absolute Gasteiger partial charge is 0.241 e. The second-order valence-corrected chi connectivity index (χ2v) is 7.55. The van der Waals surface area contributed by atoms with Crippen LogP contribution in [0.3, 0.4) is 0 Å². The van der Waals surface area contributed by atoms with E-state index in [9.17, 15) is 4.79 Å². The van der Waals surface area contributed by atoms with Gasteiger partial charge < -0.3 is 4.90 Å². The van der Waals surface area contributed by atoms with Crippen molar-refractivity contribution in [1.82, 2.24) is 10.2 Å². The summed E-state index contributed by atoms with van der Waals surface area (Å²) in [7, 11) is 0. The summed E-state index contributed by atoms with van der Waals surface area (Å²) in [6, 6.07) is 0.390. The second-order valence-electron chi connectivity index (χ2n) is 7.55. The van der Waals surface area contributed by atoms with Gasteiger partial charge in [0.1, 0.15) is 0 Å². The summed E-state index contributed by atoms with van der Waals surface area (Å²) in [6.45, 7) is 15.6. The minimum atomic E-state index is 0.0159. The summed E-state index contributed by atoms with van der Waals surface area (Å²) in [6.07, 6.45) is 2.25. The maximum Gasteiger partial charge on any atom is 0.241 e. The first kappa shape index (κ1) is 14.8. The van der Waals surface area contributed by atoms with Crippen molar-refractivity contribution >= 4 is 5.91 Å². The fourth-order valence-electron chi connectivity index (χ4n) is 3.80. The normalized spacial score (nSPS) is 34.7. The molecule has 2 rings (SSSR count). The molecule has 1 heterocycles. The van der Waals surface area contributed by atoms with E-state index in [4.69, 9.17) is 0 Å². The quantitative estimate of drug-likeness (QED) is 0.848. The van der Waals surface area contributed by atoms with E-state index in [1.807, 2.05) is 0 Å². The number of carbonyl (C=O) groups excluding carboxylic acids is 1. The standard InChI is InChI=1S/C16H30N2O/c1-8-10(3)12-13(19)18(11(9-2)17-12)14-15(4,5)16(14,6)7/h10-12,14,17H,8-9H2,1-7H3. The molecule has 1 saturated heterocycles. The number of nitrogens with one attached hydrogen (secondary N) is 1. The lowest BCUT2D eigenvalue weighted by Crippen LogP contribution is -2.41. The molecule has 0 aromatic rings. The number of carbonyl (C=O) groups is 1. The molecule has 3 nitrogen and oxygen atoms in total. The van der Waals surface area contributed by atoms with Crippen LogP contribution in [-0.4, -0.2) is 29.1 Å². The third-order valence-corrected chi connectivity index (χ3v) is 6.05. The highest BCUT2D eigenvalue weighted by atomic mass is 16.2. The van der Waals surface area contributed by atoms with Crippen LogP contribution in [0, 0.1) is 16.7 Å². The third kappa shape index (κ3) is 1.93. The fourth-order valence-corrected chi connectivity index (χ4v) is 3.80. The Balaban J connectivity index is 2.23. The Bertz CT molecular complexity index is 361. The van der Waals surface area contributed by atoms with Crippen molar-refractivity contribution in [3.05, 3.63) is 0 Å². The number of hydrogen-bond donors (Lipinski definition) is 1. The van der Waals surface area contributed by atoms with Crippen LogP contribution < -0.4 is 5.32 Å². The van der Waals surface area contributed by atoms with Crippen molar-refractivity contribution in [2.75, 3.05) is 0 Å². The molecule has 1 N–H and O–H groups in total. The maximum absolute atomic E-state index is 12.8. The van der Waals surface area contributed by atoms with Gasteiger partial charge >= 0.3 is 0 Å². The Hall–Kier alpha value is -0.570. The van der Waals surface area contributed by atoms with Crippen molar-refractivity contribution in [3.8, 4) is 0 Å². The lowest BCUT2D eigenvalue weighted by molar-refractivity contribution is -0.132. The van der Waals surface area contributed by atoms with Crippen molar-refractivity contribution in [2.45, 2.75) is 79.6 Å². The Kier molecular flexibility index (Phi) is 3.49. The predicted molar refractivity (Wildman–Crippen MR) is 78.7 cm³/mol. The van der Waals surface area contributed by atoms with Gasteiger partial charge in [-0.2, -0.15) is 0 Å². The largest absolute Gasteiger partial charge is 0.322 e. The molecule has 3 unspecified atom stereocenters. The molecule has 1 amide bonds. The van der Waals surface area contributed by atoms with Crippen LogP contribution in [0.15, 0.2) is 0 Å². The SMILES string of the molecule is CCC(C)C1NC(CC)N(C2C(C)(C)C2(C)C)C1=O. The van der Waals surface area contributed by atoms with E-state index in [2.05, 4.69) is 58.7 Å². The van der Waals surface area contributed by atoms with Gasteiger partial charge in [-0.1, -0.05) is 54.9 Å². The molecule has 0 radical (unpaired) electrons. The molecule has 0 aromatic heterocycles. The third-order valence-electron chi connectivity index (χ3n) is 6.05. The van der Waals surface area contributed by atoms with Gasteiger partial charge in [-0.3, -0.25) is 10.1 Å². The number of nitrogens with zero attached hydrogens (tertiary/aromatic N) is 1. The fraction of sp³-hybridized carbons (Fsp3) is 0.938. The van der Waals surface area contributed by atoms with E-state index in [1.165, 1.54) is 0 Å². The van der Waals surface area contributed by atoms with Gasteiger partial charge in [0, 0.05) is 6.04 Å². The van der Waals surface area contributed by atoms with Gasteiger partial charge in [-0.15, -0.1) is 0 Å². The van der Waals surface area contributed by atoms with Gasteiger partial charge in [-0.05, 0) is 23.2 Å². The number of amides is 1. The highest BCUT2D eigenvalue weighted by Gasteiger charge is 2.70. The number of hydrogen-bond acceptors (Lipinski definition) is 2. The first-order valence-electron chi connectivity index (χ1n) is 7.78. The highest BCUT2D eigenvalue weighted by Crippen LogP contribution is 2.66. The average Bonchev–Trinajstić information content (AvgIpc) is 2.61. The summed E-state index contributed by atoms with van der Waals surface area (Å²) in [5.41, 5.74) is 0.449. The predicted octanol–water partition coefficient (Wildman–Crippen LogP) is 3.00. The van der Waals surface area contributed by atoms with Crippen molar-refractivity contribution < 1.29 is 4.79 Å². The topological polar surface area (TPSA) is 32.3 Å². The summed E-state index contributed by atoms with van der Waals surface area (Å²) in [5, 5.41) is 3.56. The Labute approximate surface area is 118 Å². The highest BCUT2D eigenvalue weighted by molar-refractivity contribution is 5.85. The van der Waals surface area contributed by atoms with Gasteiger partial charge in [-0.25, -0.2) is 0 Å². The number of rotatable bonds is 4. The maximum atomic E-state index is 12.8. The lowest BCUT2D eigenvalue weighted by Gasteiger charge is -2.25. The molecule has 1 aliphatic heterocycles. The zero-order valence-electron chi connectivity index (χ0n) is 13.6. The van der Waals surface area contributed by atoms with Crippen LogP contribution in [-0.2, 0) is 4.79 Å². The zero-order chi connectivity index (χ0) is 14.6. The van der Waals surface area contributed by atoms with Gasteiger partial charge in [0.15, 0.2) is 0 Å². The Morgan fingerprint density at radius 3 is 2.11 bits per heavy atom. The minimum Gasteiger partial charge on any atom is -0.322 e. The molecule has 2 fully saturated rings. The molecule has 1 aliphatic carbocycles. The van der Waals surface area contributed by atoms with Gasteiger partial charge in [0.05, 0.1) is 12.2 Å². The summed E-state index contributed by atoms with van der Waals surface area (Å²) >= 11 is 0.